The molecule has 1 aliphatic rings. The summed E-state index contributed by atoms with van der Waals surface area (Å²) in [5.74, 6) is 0.0563. The molecule has 0 spiro atoms. The molecule has 1 fully saturated rings. The van der Waals surface area contributed by atoms with Crippen LogP contribution in [-0.2, 0) is 4.79 Å². The second kappa shape index (κ2) is 8.51. The smallest absolute Gasteiger partial charge is 0.237 e. The lowest BCUT2D eigenvalue weighted by Crippen LogP contribution is -2.51. The fourth-order valence-electron chi connectivity index (χ4n) is 2.40. The molecule has 1 heterocycles. The van der Waals surface area contributed by atoms with Crippen LogP contribution in [0.1, 0.15) is 40.0 Å². The third kappa shape index (κ3) is 5.47. The summed E-state index contributed by atoms with van der Waals surface area (Å²) in [6, 6.07) is 0.462. The van der Waals surface area contributed by atoms with Crippen LogP contribution in [0.5, 0.6) is 0 Å². The average Bonchev–Trinajstić information content (AvgIpc) is 2.90. The lowest BCUT2D eigenvalue weighted by molar-refractivity contribution is -0.126. The van der Waals surface area contributed by atoms with Crippen LogP contribution in [0.3, 0.4) is 0 Å². The van der Waals surface area contributed by atoms with Crippen molar-refractivity contribution in [3.05, 3.63) is 0 Å². The van der Waals surface area contributed by atoms with E-state index in [0.29, 0.717) is 12.6 Å². The first-order valence-electron chi connectivity index (χ1n) is 7.47. The van der Waals surface area contributed by atoms with Crippen LogP contribution in [0, 0.1) is 0 Å². The molecule has 19 heavy (non-hydrogen) atoms. The Balaban J connectivity index is 2.50. The van der Waals surface area contributed by atoms with Gasteiger partial charge in [0.25, 0.3) is 0 Å². The molecule has 0 radical (unpaired) electrons. The van der Waals surface area contributed by atoms with Crippen molar-refractivity contribution in [1.82, 2.24) is 15.5 Å². The van der Waals surface area contributed by atoms with Crippen molar-refractivity contribution in [2.45, 2.75) is 58.2 Å². The number of carbonyl (C=O) groups excluding carboxylic acids is 1. The number of aliphatic hydroxyl groups excluding tert-OH is 1. The summed E-state index contributed by atoms with van der Waals surface area (Å²) in [6.07, 6.45) is 3.29. The summed E-state index contributed by atoms with van der Waals surface area (Å²) < 4.78 is 0. The van der Waals surface area contributed by atoms with Crippen molar-refractivity contribution in [2.24, 2.45) is 0 Å². The van der Waals surface area contributed by atoms with Crippen molar-refractivity contribution < 1.29 is 9.90 Å². The Hall–Kier alpha value is -0.650. The standard InChI is InChI=1S/C14H29N3O2/c1-4-11(2)16-14(19)12(3)17(8-9-18)10-13-6-5-7-15-13/h11-13,15,18H,4-10H2,1-3H3,(H,16,19). The lowest BCUT2D eigenvalue weighted by atomic mass is 10.1. The Labute approximate surface area is 116 Å². The highest BCUT2D eigenvalue weighted by atomic mass is 16.3. The van der Waals surface area contributed by atoms with E-state index in [0.717, 1.165) is 25.9 Å². The fourth-order valence-corrected chi connectivity index (χ4v) is 2.40. The number of amides is 1. The summed E-state index contributed by atoms with van der Waals surface area (Å²) in [4.78, 5) is 14.2. The van der Waals surface area contributed by atoms with Gasteiger partial charge in [0.15, 0.2) is 0 Å². The second-order valence-electron chi connectivity index (χ2n) is 5.51. The Morgan fingerprint density at radius 3 is 2.79 bits per heavy atom. The molecule has 3 atom stereocenters. The van der Waals surface area contributed by atoms with Crippen LogP contribution < -0.4 is 10.6 Å². The molecule has 112 valence electrons. The summed E-state index contributed by atoms with van der Waals surface area (Å²) in [5, 5.41) is 15.6. The van der Waals surface area contributed by atoms with E-state index in [1.54, 1.807) is 0 Å². The predicted molar refractivity (Wildman–Crippen MR) is 77.0 cm³/mol. The molecule has 3 unspecified atom stereocenters. The zero-order valence-corrected chi connectivity index (χ0v) is 12.5. The van der Waals surface area contributed by atoms with E-state index in [4.69, 9.17) is 0 Å². The van der Waals surface area contributed by atoms with E-state index in [2.05, 4.69) is 22.5 Å². The number of aliphatic hydroxyl groups is 1. The molecule has 1 aliphatic heterocycles. The highest BCUT2D eigenvalue weighted by Gasteiger charge is 2.25. The minimum absolute atomic E-state index is 0.0563. The van der Waals surface area contributed by atoms with Crippen LogP contribution >= 0.6 is 0 Å². The molecule has 5 nitrogen and oxygen atoms in total. The molecular weight excluding hydrogens is 242 g/mol. The Morgan fingerprint density at radius 2 is 2.26 bits per heavy atom. The lowest BCUT2D eigenvalue weighted by Gasteiger charge is -2.30. The van der Waals surface area contributed by atoms with E-state index >= 15 is 0 Å². The molecule has 0 bridgehead atoms. The first kappa shape index (κ1) is 16.4. The Kier molecular flexibility index (Phi) is 7.34. The van der Waals surface area contributed by atoms with Gasteiger partial charge in [-0.1, -0.05) is 6.92 Å². The predicted octanol–water partition coefficient (Wildman–Crippen LogP) is 0.336. The van der Waals surface area contributed by atoms with Gasteiger partial charge < -0.3 is 15.7 Å². The SMILES string of the molecule is CCC(C)NC(=O)C(C)N(CCO)CC1CCCN1. The fraction of sp³-hybridized carbons (Fsp3) is 0.929. The summed E-state index contributed by atoms with van der Waals surface area (Å²) >= 11 is 0. The second-order valence-corrected chi connectivity index (χ2v) is 5.51. The van der Waals surface area contributed by atoms with Crippen molar-refractivity contribution in [1.29, 1.82) is 0 Å². The van der Waals surface area contributed by atoms with Crippen LogP contribution in [-0.4, -0.2) is 60.3 Å². The van der Waals surface area contributed by atoms with Crippen molar-refractivity contribution in [3.63, 3.8) is 0 Å². The van der Waals surface area contributed by atoms with Gasteiger partial charge in [0.2, 0.25) is 5.91 Å². The zero-order chi connectivity index (χ0) is 14.3. The minimum atomic E-state index is -0.191. The summed E-state index contributed by atoms with van der Waals surface area (Å²) in [6.45, 7) is 8.52. The van der Waals surface area contributed by atoms with Gasteiger partial charge >= 0.3 is 0 Å². The van der Waals surface area contributed by atoms with Crippen LogP contribution in [0.15, 0.2) is 0 Å². The van der Waals surface area contributed by atoms with E-state index in [1.165, 1.54) is 6.42 Å². The molecule has 0 aromatic rings. The summed E-state index contributed by atoms with van der Waals surface area (Å²) in [5.41, 5.74) is 0. The van der Waals surface area contributed by atoms with E-state index in [9.17, 15) is 9.90 Å². The Bertz CT molecular complexity index is 267. The third-order valence-corrected chi connectivity index (χ3v) is 3.93. The van der Waals surface area contributed by atoms with Crippen molar-refractivity contribution in [3.8, 4) is 0 Å². The number of nitrogens with one attached hydrogen (secondary N) is 2. The first-order valence-corrected chi connectivity index (χ1v) is 7.47. The first-order chi connectivity index (χ1) is 9.08. The maximum atomic E-state index is 12.1. The van der Waals surface area contributed by atoms with E-state index in [-0.39, 0.29) is 24.6 Å². The highest BCUT2D eigenvalue weighted by molar-refractivity contribution is 5.81. The van der Waals surface area contributed by atoms with Crippen LogP contribution in [0.4, 0.5) is 0 Å². The minimum Gasteiger partial charge on any atom is -0.395 e. The Morgan fingerprint density at radius 1 is 1.53 bits per heavy atom. The van der Waals surface area contributed by atoms with Gasteiger partial charge in [-0.25, -0.2) is 0 Å². The van der Waals surface area contributed by atoms with E-state index < -0.39 is 0 Å². The van der Waals surface area contributed by atoms with Gasteiger partial charge in [0.05, 0.1) is 12.6 Å². The van der Waals surface area contributed by atoms with Crippen molar-refractivity contribution in [2.75, 3.05) is 26.2 Å². The molecule has 0 aliphatic carbocycles. The van der Waals surface area contributed by atoms with Gasteiger partial charge in [-0.05, 0) is 39.7 Å². The normalized spacial score (nSPS) is 22.5. The molecule has 0 aromatic heterocycles. The molecule has 5 heteroatoms. The molecule has 0 saturated carbocycles. The monoisotopic (exact) mass is 271 g/mol. The molecule has 1 saturated heterocycles. The molecule has 1 rings (SSSR count). The van der Waals surface area contributed by atoms with Crippen LogP contribution in [0.2, 0.25) is 0 Å². The number of rotatable bonds is 8. The number of hydrogen-bond donors (Lipinski definition) is 3. The highest BCUT2D eigenvalue weighted by Crippen LogP contribution is 2.09. The maximum Gasteiger partial charge on any atom is 0.237 e. The molecule has 0 aromatic carbocycles. The number of hydrogen-bond acceptors (Lipinski definition) is 4. The number of carbonyl (C=O) groups is 1. The van der Waals surface area contributed by atoms with Crippen LogP contribution in [0.25, 0.3) is 0 Å². The maximum absolute atomic E-state index is 12.1. The van der Waals surface area contributed by atoms with Gasteiger partial charge in [0.1, 0.15) is 0 Å². The largest absolute Gasteiger partial charge is 0.395 e. The average molecular weight is 271 g/mol. The zero-order valence-electron chi connectivity index (χ0n) is 12.5. The van der Waals surface area contributed by atoms with Gasteiger partial charge in [0, 0.05) is 25.2 Å². The van der Waals surface area contributed by atoms with Crippen molar-refractivity contribution >= 4 is 5.91 Å². The quantitative estimate of drug-likeness (QED) is 0.595. The van der Waals surface area contributed by atoms with E-state index in [1.807, 2.05) is 13.8 Å². The molecular formula is C14H29N3O2. The topological polar surface area (TPSA) is 64.6 Å². The third-order valence-electron chi connectivity index (χ3n) is 3.93. The molecule has 3 N–H and O–H groups in total. The number of nitrogens with zero attached hydrogens (tertiary/aromatic N) is 1. The van der Waals surface area contributed by atoms with Gasteiger partial charge in [-0.2, -0.15) is 0 Å². The van der Waals surface area contributed by atoms with Gasteiger partial charge in [-0.15, -0.1) is 0 Å². The summed E-state index contributed by atoms with van der Waals surface area (Å²) in [7, 11) is 0. The van der Waals surface area contributed by atoms with Gasteiger partial charge in [-0.3, -0.25) is 9.69 Å². The molecule has 1 amide bonds.